The fourth-order valence-corrected chi connectivity index (χ4v) is 4.72. The lowest BCUT2D eigenvalue weighted by Crippen LogP contribution is -2.31. The van der Waals surface area contributed by atoms with Crippen LogP contribution in [-0.2, 0) is 0 Å². The molecular weight excluding hydrogens is 444 g/mol. The average Bonchev–Trinajstić information content (AvgIpc) is 3.56. The molecule has 1 saturated heterocycles. The zero-order valence-electron chi connectivity index (χ0n) is 19.0. The van der Waals surface area contributed by atoms with Gasteiger partial charge in [-0.3, -0.25) is 4.79 Å². The molecule has 1 aliphatic rings. The van der Waals surface area contributed by atoms with Gasteiger partial charge in [-0.25, -0.2) is 18.3 Å². The molecule has 4 aromatic rings. The van der Waals surface area contributed by atoms with E-state index in [1.54, 1.807) is 29.2 Å². The number of para-hydroxylation sites is 1. The molecule has 1 aromatic carbocycles. The number of hydrogen-bond donors (Lipinski definition) is 0. The minimum absolute atomic E-state index is 0.0770. The van der Waals surface area contributed by atoms with E-state index in [1.165, 1.54) is 19.4 Å². The average molecular weight is 467 g/mol. The summed E-state index contributed by atoms with van der Waals surface area (Å²) in [6.45, 7) is 4.19. The van der Waals surface area contributed by atoms with Crippen molar-refractivity contribution in [2.24, 2.45) is 0 Å². The Balaban J connectivity index is 1.63. The number of benzene rings is 1. The van der Waals surface area contributed by atoms with Crippen molar-refractivity contribution in [2.75, 3.05) is 13.7 Å². The second-order valence-electron chi connectivity index (χ2n) is 8.26. The minimum Gasteiger partial charge on any atom is -0.496 e. The van der Waals surface area contributed by atoms with E-state index >= 15 is 0 Å². The molecule has 0 N–H and O–H groups in total. The van der Waals surface area contributed by atoms with Crippen LogP contribution in [0.25, 0.3) is 16.9 Å². The third kappa shape index (κ3) is 3.49. The van der Waals surface area contributed by atoms with Crippen LogP contribution >= 0.6 is 0 Å². The van der Waals surface area contributed by atoms with Crippen molar-refractivity contribution in [3.63, 3.8) is 0 Å². The third-order valence-corrected chi connectivity index (χ3v) is 6.27. The third-order valence-electron chi connectivity index (χ3n) is 6.27. The molecule has 10 heteroatoms. The highest BCUT2D eigenvalue weighted by Gasteiger charge is 2.36. The van der Waals surface area contributed by atoms with Crippen LogP contribution in [0.15, 0.2) is 41.1 Å². The number of nitrogens with zero attached hydrogens (tertiary/aromatic N) is 5. The lowest BCUT2D eigenvalue weighted by atomic mass is 10.0. The number of fused-ring (bicyclic) bond motifs is 1. The van der Waals surface area contributed by atoms with Crippen molar-refractivity contribution >= 4 is 11.6 Å². The van der Waals surface area contributed by atoms with Gasteiger partial charge in [-0.05, 0) is 44.9 Å². The lowest BCUT2D eigenvalue weighted by molar-refractivity contribution is 0.0736. The molecule has 3 aromatic heterocycles. The van der Waals surface area contributed by atoms with E-state index in [-0.39, 0.29) is 34.5 Å². The Morgan fingerprint density at radius 3 is 2.76 bits per heavy atom. The monoisotopic (exact) mass is 467 g/mol. The number of methoxy groups -OCH3 is 1. The van der Waals surface area contributed by atoms with Crippen molar-refractivity contribution in [3.05, 3.63) is 64.8 Å². The van der Waals surface area contributed by atoms with Gasteiger partial charge in [0.2, 0.25) is 0 Å². The molecule has 5 rings (SSSR count). The highest BCUT2D eigenvalue weighted by atomic mass is 19.3. The van der Waals surface area contributed by atoms with E-state index < -0.39 is 6.43 Å². The van der Waals surface area contributed by atoms with Crippen LogP contribution in [-0.4, -0.2) is 44.2 Å². The predicted molar refractivity (Wildman–Crippen MR) is 119 cm³/mol. The van der Waals surface area contributed by atoms with E-state index in [4.69, 9.17) is 9.26 Å². The molecule has 34 heavy (non-hydrogen) atoms. The largest absolute Gasteiger partial charge is 0.496 e. The Bertz CT molecular complexity index is 1360. The van der Waals surface area contributed by atoms with E-state index in [0.29, 0.717) is 23.6 Å². The smallest absolute Gasteiger partial charge is 0.280 e. The Morgan fingerprint density at radius 1 is 1.26 bits per heavy atom. The van der Waals surface area contributed by atoms with Gasteiger partial charge < -0.3 is 14.2 Å². The van der Waals surface area contributed by atoms with E-state index in [2.05, 4.69) is 15.2 Å². The number of likely N-dealkylation sites (tertiary alicyclic amines) is 1. The first-order valence-electron chi connectivity index (χ1n) is 10.9. The van der Waals surface area contributed by atoms with E-state index in [9.17, 15) is 13.6 Å². The number of halogens is 2. The molecule has 4 heterocycles. The van der Waals surface area contributed by atoms with Gasteiger partial charge in [-0.1, -0.05) is 17.3 Å². The summed E-state index contributed by atoms with van der Waals surface area (Å²) in [6.07, 6.45) is 0.0621. The number of carbonyl (C=O) groups is 1. The van der Waals surface area contributed by atoms with Crippen molar-refractivity contribution in [1.29, 1.82) is 0 Å². The molecule has 0 radical (unpaired) electrons. The first kappa shape index (κ1) is 22.0. The second-order valence-corrected chi connectivity index (χ2v) is 8.26. The zero-order chi connectivity index (χ0) is 24.0. The minimum atomic E-state index is -2.82. The summed E-state index contributed by atoms with van der Waals surface area (Å²) in [4.78, 5) is 20.0. The molecule has 176 valence electrons. The van der Waals surface area contributed by atoms with Crippen molar-refractivity contribution in [1.82, 2.24) is 24.7 Å². The van der Waals surface area contributed by atoms with Gasteiger partial charge in [0, 0.05) is 17.7 Å². The Kier molecular flexibility index (Phi) is 5.51. The summed E-state index contributed by atoms with van der Waals surface area (Å²) >= 11 is 0. The first-order chi connectivity index (χ1) is 16.4. The quantitative estimate of drug-likeness (QED) is 0.414. The van der Waals surface area contributed by atoms with Gasteiger partial charge in [0.25, 0.3) is 12.3 Å². The normalized spacial score (nSPS) is 16.1. The van der Waals surface area contributed by atoms with Gasteiger partial charge in [-0.15, -0.1) is 0 Å². The molecule has 1 amide bonds. The Morgan fingerprint density at radius 2 is 2.06 bits per heavy atom. The second kappa shape index (κ2) is 8.51. The van der Waals surface area contributed by atoms with Gasteiger partial charge in [0.15, 0.2) is 5.65 Å². The first-order valence-corrected chi connectivity index (χ1v) is 10.9. The fourth-order valence-electron chi connectivity index (χ4n) is 4.72. The van der Waals surface area contributed by atoms with Crippen molar-refractivity contribution < 1.29 is 22.8 Å². The van der Waals surface area contributed by atoms with Gasteiger partial charge >= 0.3 is 0 Å². The molecule has 8 nitrogen and oxygen atoms in total. The molecular formula is C24H23F2N5O3. The summed E-state index contributed by atoms with van der Waals surface area (Å²) in [6, 6.07) is 8.08. The summed E-state index contributed by atoms with van der Waals surface area (Å²) in [5.74, 6) is 0.839. The summed E-state index contributed by atoms with van der Waals surface area (Å²) < 4.78 is 39.7. The molecule has 0 bridgehead atoms. The van der Waals surface area contributed by atoms with Crippen LogP contribution in [0.1, 0.15) is 58.4 Å². The zero-order valence-corrected chi connectivity index (χ0v) is 19.0. The predicted octanol–water partition coefficient (Wildman–Crippen LogP) is 4.92. The molecule has 1 fully saturated rings. The highest BCUT2D eigenvalue weighted by Crippen LogP contribution is 2.37. The molecule has 1 atom stereocenters. The molecule has 0 saturated carbocycles. The number of amides is 1. The van der Waals surface area contributed by atoms with Gasteiger partial charge in [0.05, 0.1) is 30.7 Å². The number of hydrogen-bond acceptors (Lipinski definition) is 6. The molecule has 1 aliphatic heterocycles. The number of aromatic nitrogens is 4. The maximum absolute atomic E-state index is 14.0. The SMILES string of the molecule is COc1ccccc1-c1cc(C(F)F)n2ncc(C(=O)N3CCCC3c3c(C)noc3C)c2n1. The van der Waals surface area contributed by atoms with Crippen LogP contribution in [0.3, 0.4) is 0 Å². The van der Waals surface area contributed by atoms with Crippen LogP contribution in [0.2, 0.25) is 0 Å². The van der Waals surface area contributed by atoms with Crippen LogP contribution in [0.5, 0.6) is 5.75 Å². The molecule has 0 aliphatic carbocycles. The number of rotatable bonds is 5. The summed E-state index contributed by atoms with van der Waals surface area (Å²) in [7, 11) is 1.50. The maximum Gasteiger partial charge on any atom is 0.280 e. The Labute approximate surface area is 194 Å². The van der Waals surface area contributed by atoms with E-state index in [0.717, 1.165) is 28.6 Å². The topological polar surface area (TPSA) is 85.8 Å². The highest BCUT2D eigenvalue weighted by molar-refractivity contribution is 6.00. The van der Waals surface area contributed by atoms with Crippen molar-refractivity contribution in [2.45, 2.75) is 39.2 Å². The number of ether oxygens (including phenoxy) is 1. The van der Waals surface area contributed by atoms with Crippen LogP contribution in [0, 0.1) is 13.8 Å². The summed E-state index contributed by atoms with van der Waals surface area (Å²) in [5.41, 5.74) is 2.33. The van der Waals surface area contributed by atoms with Gasteiger partial charge in [-0.2, -0.15) is 5.10 Å². The van der Waals surface area contributed by atoms with E-state index in [1.807, 2.05) is 13.8 Å². The van der Waals surface area contributed by atoms with Crippen molar-refractivity contribution in [3.8, 4) is 17.0 Å². The summed E-state index contributed by atoms with van der Waals surface area (Å²) in [5, 5.41) is 8.12. The maximum atomic E-state index is 14.0. The van der Waals surface area contributed by atoms with Crippen LogP contribution in [0.4, 0.5) is 8.78 Å². The fraction of sp³-hybridized carbons (Fsp3) is 0.333. The Hall–Kier alpha value is -3.82. The number of aryl methyl sites for hydroxylation is 2. The lowest BCUT2D eigenvalue weighted by Gasteiger charge is -2.24. The standard InChI is InChI=1S/C24H23F2N5O3/c1-13-21(14(2)34-29-13)18-8-6-10-30(18)24(32)16-12-27-31-19(22(25)26)11-17(28-23(16)31)15-7-4-5-9-20(15)33-3/h4-5,7,9,11-12,18,22H,6,8,10H2,1-3H3. The van der Waals surface area contributed by atoms with Crippen LogP contribution < -0.4 is 4.74 Å². The molecule has 0 spiro atoms. The molecule has 1 unspecified atom stereocenters. The number of carbonyl (C=O) groups excluding carboxylic acids is 1. The van der Waals surface area contributed by atoms with Gasteiger partial charge in [0.1, 0.15) is 22.8 Å². The number of alkyl halides is 2.